The SMILES string of the molecule is CCCC(CSc1nc(CC)ns1)NCC. The topological polar surface area (TPSA) is 37.8 Å². The van der Waals surface area contributed by atoms with Crippen LogP contribution in [0.4, 0.5) is 0 Å². The summed E-state index contributed by atoms with van der Waals surface area (Å²) in [6.45, 7) is 7.53. The van der Waals surface area contributed by atoms with E-state index in [9.17, 15) is 0 Å². The third kappa shape index (κ3) is 4.80. The minimum absolute atomic E-state index is 0.606. The standard InChI is InChI=1S/C11H21N3S2/c1-4-7-9(12-6-3)8-15-11-13-10(5-2)14-16-11/h9,12H,4-8H2,1-3H3. The summed E-state index contributed by atoms with van der Waals surface area (Å²) in [7, 11) is 0. The van der Waals surface area contributed by atoms with Crippen LogP contribution in [0.25, 0.3) is 0 Å². The lowest BCUT2D eigenvalue weighted by Gasteiger charge is -2.15. The van der Waals surface area contributed by atoms with Crippen LogP contribution in [0.1, 0.15) is 39.4 Å². The quantitative estimate of drug-likeness (QED) is 0.728. The van der Waals surface area contributed by atoms with Crippen LogP contribution in [-0.2, 0) is 6.42 Å². The van der Waals surface area contributed by atoms with Gasteiger partial charge in [-0.05, 0) is 24.5 Å². The van der Waals surface area contributed by atoms with Gasteiger partial charge in [0.1, 0.15) is 5.82 Å². The summed E-state index contributed by atoms with van der Waals surface area (Å²) in [5, 5.41) is 3.51. The third-order valence-electron chi connectivity index (χ3n) is 2.30. The normalized spacial score (nSPS) is 12.9. The van der Waals surface area contributed by atoms with Crippen molar-refractivity contribution >= 4 is 23.3 Å². The maximum atomic E-state index is 4.46. The molecule has 1 unspecified atom stereocenters. The molecular weight excluding hydrogens is 238 g/mol. The van der Waals surface area contributed by atoms with Gasteiger partial charge in [0.05, 0.1) is 0 Å². The Morgan fingerprint density at radius 1 is 1.38 bits per heavy atom. The molecule has 0 aromatic carbocycles. The minimum atomic E-state index is 0.606. The van der Waals surface area contributed by atoms with Crippen LogP contribution >= 0.6 is 23.3 Å². The van der Waals surface area contributed by atoms with Crippen LogP contribution < -0.4 is 5.32 Å². The molecule has 0 aliphatic rings. The van der Waals surface area contributed by atoms with Crippen molar-refractivity contribution in [3.63, 3.8) is 0 Å². The highest BCUT2D eigenvalue weighted by Gasteiger charge is 2.09. The average Bonchev–Trinajstić information content (AvgIpc) is 2.74. The number of aromatic nitrogens is 2. The smallest absolute Gasteiger partial charge is 0.170 e. The molecule has 0 amide bonds. The lowest BCUT2D eigenvalue weighted by Crippen LogP contribution is -2.30. The number of rotatable bonds is 8. The first-order valence-corrected chi connectivity index (χ1v) is 7.74. The summed E-state index contributed by atoms with van der Waals surface area (Å²) >= 11 is 3.35. The molecule has 0 aliphatic carbocycles. The summed E-state index contributed by atoms with van der Waals surface area (Å²) < 4.78 is 5.40. The molecule has 16 heavy (non-hydrogen) atoms. The van der Waals surface area contributed by atoms with Crippen molar-refractivity contribution in [1.29, 1.82) is 0 Å². The Labute approximate surface area is 107 Å². The molecule has 1 aromatic rings. The highest BCUT2D eigenvalue weighted by molar-refractivity contribution is 8.00. The third-order valence-corrected chi connectivity index (χ3v) is 4.34. The summed E-state index contributed by atoms with van der Waals surface area (Å²) in [6.07, 6.45) is 3.40. The van der Waals surface area contributed by atoms with E-state index in [-0.39, 0.29) is 0 Å². The summed E-state index contributed by atoms with van der Waals surface area (Å²) in [5.74, 6) is 2.07. The zero-order chi connectivity index (χ0) is 11.8. The number of nitrogens with zero attached hydrogens (tertiary/aromatic N) is 2. The van der Waals surface area contributed by atoms with Crippen LogP contribution in [0.15, 0.2) is 4.34 Å². The predicted octanol–water partition coefficient (Wildman–Crippen LogP) is 2.97. The van der Waals surface area contributed by atoms with Gasteiger partial charge in [-0.25, -0.2) is 4.98 Å². The predicted molar refractivity (Wildman–Crippen MR) is 72.4 cm³/mol. The Morgan fingerprint density at radius 3 is 2.75 bits per heavy atom. The molecule has 1 aromatic heterocycles. The lowest BCUT2D eigenvalue weighted by atomic mass is 10.2. The van der Waals surface area contributed by atoms with Crippen LogP contribution in [0.3, 0.4) is 0 Å². The van der Waals surface area contributed by atoms with Crippen molar-refractivity contribution in [2.24, 2.45) is 0 Å². The van der Waals surface area contributed by atoms with Crippen LogP contribution in [0.2, 0.25) is 0 Å². The van der Waals surface area contributed by atoms with E-state index in [2.05, 4.69) is 35.4 Å². The highest BCUT2D eigenvalue weighted by Crippen LogP contribution is 2.21. The average molecular weight is 259 g/mol. The van der Waals surface area contributed by atoms with E-state index in [0.29, 0.717) is 6.04 Å². The zero-order valence-corrected chi connectivity index (χ0v) is 12.0. The highest BCUT2D eigenvalue weighted by atomic mass is 32.2. The molecule has 0 spiro atoms. The number of nitrogens with one attached hydrogen (secondary N) is 1. The fourth-order valence-electron chi connectivity index (χ4n) is 1.49. The maximum Gasteiger partial charge on any atom is 0.170 e. The van der Waals surface area contributed by atoms with E-state index < -0.39 is 0 Å². The maximum absolute atomic E-state index is 4.46. The van der Waals surface area contributed by atoms with E-state index in [1.807, 2.05) is 11.8 Å². The molecule has 0 saturated carbocycles. The molecule has 1 atom stereocenters. The molecule has 92 valence electrons. The van der Waals surface area contributed by atoms with E-state index in [4.69, 9.17) is 0 Å². The molecule has 5 heteroatoms. The molecule has 1 rings (SSSR count). The van der Waals surface area contributed by atoms with Gasteiger partial charge in [0.2, 0.25) is 0 Å². The van der Waals surface area contributed by atoms with Gasteiger partial charge in [-0.1, -0.05) is 39.0 Å². The van der Waals surface area contributed by atoms with Crippen molar-refractivity contribution in [2.75, 3.05) is 12.3 Å². The fourth-order valence-corrected chi connectivity index (χ4v) is 3.32. The molecule has 1 heterocycles. The molecule has 0 radical (unpaired) electrons. The van der Waals surface area contributed by atoms with Gasteiger partial charge in [-0.15, -0.1) is 0 Å². The Hall–Kier alpha value is -0.130. The van der Waals surface area contributed by atoms with Crippen LogP contribution in [0.5, 0.6) is 0 Å². The Balaban J connectivity index is 2.35. The van der Waals surface area contributed by atoms with Crippen molar-refractivity contribution in [3.05, 3.63) is 5.82 Å². The Morgan fingerprint density at radius 2 is 2.19 bits per heavy atom. The molecule has 0 bridgehead atoms. The molecule has 3 nitrogen and oxygen atoms in total. The van der Waals surface area contributed by atoms with Gasteiger partial charge in [0.15, 0.2) is 4.34 Å². The number of thioether (sulfide) groups is 1. The van der Waals surface area contributed by atoms with Crippen molar-refractivity contribution in [1.82, 2.24) is 14.7 Å². The van der Waals surface area contributed by atoms with Crippen molar-refractivity contribution in [3.8, 4) is 0 Å². The molecular formula is C11H21N3S2. The Kier molecular flexibility index (Phi) is 7.00. The lowest BCUT2D eigenvalue weighted by molar-refractivity contribution is 0.531. The van der Waals surface area contributed by atoms with Gasteiger partial charge in [-0.2, -0.15) is 4.37 Å². The van der Waals surface area contributed by atoms with Crippen LogP contribution in [-0.4, -0.2) is 27.7 Å². The van der Waals surface area contributed by atoms with E-state index >= 15 is 0 Å². The summed E-state index contributed by atoms with van der Waals surface area (Å²) in [5.41, 5.74) is 0. The summed E-state index contributed by atoms with van der Waals surface area (Å²) in [6, 6.07) is 0.606. The zero-order valence-electron chi connectivity index (χ0n) is 10.3. The van der Waals surface area contributed by atoms with Gasteiger partial charge in [0.25, 0.3) is 0 Å². The van der Waals surface area contributed by atoms with Gasteiger partial charge >= 0.3 is 0 Å². The first-order chi connectivity index (χ1) is 7.80. The van der Waals surface area contributed by atoms with Crippen molar-refractivity contribution < 1.29 is 0 Å². The second-order valence-corrected chi connectivity index (χ2v) is 5.70. The number of hydrogen-bond donors (Lipinski definition) is 1. The van der Waals surface area contributed by atoms with Crippen molar-refractivity contribution in [2.45, 2.75) is 50.4 Å². The molecule has 0 aliphatic heterocycles. The second kappa shape index (κ2) is 8.03. The molecule has 0 fully saturated rings. The van der Waals surface area contributed by atoms with Crippen LogP contribution in [0, 0.1) is 0 Å². The fraction of sp³-hybridized carbons (Fsp3) is 0.818. The number of aryl methyl sites for hydroxylation is 1. The van der Waals surface area contributed by atoms with Gasteiger partial charge in [-0.3, -0.25) is 0 Å². The summed E-state index contributed by atoms with van der Waals surface area (Å²) in [4.78, 5) is 4.46. The second-order valence-electron chi connectivity index (χ2n) is 3.68. The minimum Gasteiger partial charge on any atom is -0.313 e. The monoisotopic (exact) mass is 259 g/mol. The molecule has 0 saturated heterocycles. The first kappa shape index (κ1) is 13.9. The van der Waals surface area contributed by atoms with E-state index in [0.717, 1.165) is 28.9 Å². The van der Waals surface area contributed by atoms with Gasteiger partial charge < -0.3 is 5.32 Å². The largest absolute Gasteiger partial charge is 0.313 e. The van der Waals surface area contributed by atoms with Gasteiger partial charge in [0, 0.05) is 18.2 Å². The Bertz CT molecular complexity index is 283. The molecule has 1 N–H and O–H groups in total. The first-order valence-electron chi connectivity index (χ1n) is 5.98. The van der Waals surface area contributed by atoms with E-state index in [1.54, 1.807) is 0 Å². The number of hydrogen-bond acceptors (Lipinski definition) is 5. The van der Waals surface area contributed by atoms with E-state index in [1.165, 1.54) is 24.4 Å².